The Kier molecular flexibility index (Phi) is 2.78. The van der Waals surface area contributed by atoms with Crippen LogP contribution in [0.2, 0.25) is 0 Å². The molecule has 0 saturated carbocycles. The Hall–Kier alpha value is -1.11. The van der Waals surface area contributed by atoms with E-state index in [4.69, 9.17) is 10.3 Å². The first-order valence-electron chi connectivity index (χ1n) is 4.79. The van der Waals surface area contributed by atoms with E-state index in [2.05, 4.69) is 21.1 Å². The molecule has 3 rings (SSSR count). The van der Waals surface area contributed by atoms with Crippen LogP contribution in [0.25, 0.3) is 21.8 Å². The van der Waals surface area contributed by atoms with Crippen LogP contribution in [0.15, 0.2) is 37.3 Å². The predicted molar refractivity (Wildman–Crippen MR) is 75.2 cm³/mol. The number of hydrogen-bond donors (Lipinski definition) is 1. The highest BCUT2D eigenvalue weighted by atomic mass is 79.9. The first kappa shape index (κ1) is 11.0. The van der Waals surface area contributed by atoms with Crippen LogP contribution in [0, 0.1) is 0 Å². The summed E-state index contributed by atoms with van der Waals surface area (Å²) in [5, 5.41) is 7.88. The lowest BCUT2D eigenvalue weighted by Crippen LogP contribution is -1.86. The van der Waals surface area contributed by atoms with Crippen molar-refractivity contribution >= 4 is 44.4 Å². The second-order valence-electron chi connectivity index (χ2n) is 3.39. The van der Waals surface area contributed by atoms with Crippen molar-refractivity contribution in [2.24, 2.45) is 0 Å². The Bertz CT molecular complexity index is 642. The first-order valence-corrected chi connectivity index (χ1v) is 7.34. The average molecular weight is 327 g/mol. The molecule has 0 saturated heterocycles. The van der Waals surface area contributed by atoms with Gasteiger partial charge in [0.25, 0.3) is 0 Å². The SMILES string of the molecule is Nc1noc(-c2csc(Br)c2)c1-c1cccs1. The summed E-state index contributed by atoms with van der Waals surface area (Å²) in [5.41, 5.74) is 7.75. The molecule has 0 fully saturated rings. The number of nitrogens with two attached hydrogens (primary N) is 1. The zero-order valence-electron chi connectivity index (χ0n) is 8.51. The van der Waals surface area contributed by atoms with Crippen molar-refractivity contribution in [3.8, 4) is 21.8 Å². The molecular weight excluding hydrogens is 320 g/mol. The molecule has 0 aliphatic rings. The highest BCUT2D eigenvalue weighted by Crippen LogP contribution is 2.40. The number of hydrogen-bond acceptors (Lipinski definition) is 5. The quantitative estimate of drug-likeness (QED) is 0.755. The fraction of sp³-hybridized carbons (Fsp3) is 0. The van der Waals surface area contributed by atoms with Gasteiger partial charge in [0, 0.05) is 15.8 Å². The third-order valence-electron chi connectivity index (χ3n) is 2.32. The standard InChI is InChI=1S/C11H7BrN2OS2/c12-8-4-6(5-17-8)10-9(11(13)14-15-10)7-2-1-3-16-7/h1-5H,(H2,13,14). The van der Waals surface area contributed by atoms with Gasteiger partial charge in [-0.15, -0.1) is 22.7 Å². The van der Waals surface area contributed by atoms with Gasteiger partial charge in [-0.1, -0.05) is 11.2 Å². The van der Waals surface area contributed by atoms with Crippen molar-refractivity contribution in [3.05, 3.63) is 32.7 Å². The van der Waals surface area contributed by atoms with E-state index in [1.165, 1.54) is 0 Å². The van der Waals surface area contributed by atoms with E-state index in [0.717, 1.165) is 25.6 Å². The second-order valence-corrected chi connectivity index (χ2v) is 6.63. The lowest BCUT2D eigenvalue weighted by atomic mass is 10.1. The Morgan fingerprint density at radius 2 is 2.24 bits per heavy atom. The number of rotatable bonds is 2. The summed E-state index contributed by atoms with van der Waals surface area (Å²) in [6.07, 6.45) is 0. The van der Waals surface area contributed by atoms with Gasteiger partial charge in [0.2, 0.25) is 0 Å². The third kappa shape index (κ3) is 1.92. The van der Waals surface area contributed by atoms with Crippen LogP contribution in [0.3, 0.4) is 0 Å². The number of nitrogens with zero attached hydrogens (tertiary/aromatic N) is 1. The van der Waals surface area contributed by atoms with E-state index in [9.17, 15) is 0 Å². The summed E-state index contributed by atoms with van der Waals surface area (Å²) in [4.78, 5) is 1.07. The smallest absolute Gasteiger partial charge is 0.178 e. The van der Waals surface area contributed by atoms with Crippen molar-refractivity contribution < 1.29 is 4.52 Å². The van der Waals surface area contributed by atoms with Crippen molar-refractivity contribution in [2.45, 2.75) is 0 Å². The van der Waals surface area contributed by atoms with Gasteiger partial charge in [-0.05, 0) is 33.4 Å². The maximum atomic E-state index is 5.87. The summed E-state index contributed by atoms with van der Waals surface area (Å²) in [6, 6.07) is 6.00. The molecule has 0 amide bonds. The monoisotopic (exact) mass is 326 g/mol. The Morgan fingerprint density at radius 3 is 2.88 bits per heavy atom. The molecule has 0 aliphatic heterocycles. The minimum absolute atomic E-state index is 0.435. The molecule has 17 heavy (non-hydrogen) atoms. The fourth-order valence-corrected chi connectivity index (χ4v) is 3.50. The molecule has 3 nitrogen and oxygen atoms in total. The van der Waals surface area contributed by atoms with E-state index in [1.807, 2.05) is 29.0 Å². The van der Waals surface area contributed by atoms with Gasteiger partial charge in [-0.3, -0.25) is 0 Å². The van der Waals surface area contributed by atoms with Gasteiger partial charge in [-0.25, -0.2) is 0 Å². The summed E-state index contributed by atoms with van der Waals surface area (Å²) in [7, 11) is 0. The number of nitrogen functional groups attached to an aromatic ring is 1. The van der Waals surface area contributed by atoms with Crippen LogP contribution >= 0.6 is 38.6 Å². The normalized spacial score (nSPS) is 10.9. The fourth-order valence-electron chi connectivity index (χ4n) is 1.59. The van der Waals surface area contributed by atoms with Gasteiger partial charge in [0.05, 0.1) is 9.35 Å². The maximum absolute atomic E-state index is 5.87. The van der Waals surface area contributed by atoms with Crippen LogP contribution in [-0.2, 0) is 0 Å². The van der Waals surface area contributed by atoms with Crippen molar-refractivity contribution in [2.75, 3.05) is 5.73 Å². The zero-order chi connectivity index (χ0) is 11.8. The molecule has 0 unspecified atom stereocenters. The molecule has 3 heterocycles. The summed E-state index contributed by atoms with van der Waals surface area (Å²) in [6.45, 7) is 0. The van der Waals surface area contributed by atoms with E-state index < -0.39 is 0 Å². The number of anilines is 1. The maximum Gasteiger partial charge on any atom is 0.178 e. The molecule has 3 aromatic rings. The van der Waals surface area contributed by atoms with Crippen molar-refractivity contribution in [1.29, 1.82) is 0 Å². The molecule has 0 radical (unpaired) electrons. The lowest BCUT2D eigenvalue weighted by Gasteiger charge is -1.96. The van der Waals surface area contributed by atoms with Gasteiger partial charge in [0.1, 0.15) is 0 Å². The van der Waals surface area contributed by atoms with Crippen LogP contribution in [0.1, 0.15) is 0 Å². The summed E-state index contributed by atoms with van der Waals surface area (Å²) < 4.78 is 6.39. The average Bonchev–Trinajstić information content (AvgIpc) is 2.97. The van der Waals surface area contributed by atoms with Gasteiger partial charge in [-0.2, -0.15) is 0 Å². The van der Waals surface area contributed by atoms with Crippen molar-refractivity contribution in [1.82, 2.24) is 5.16 Å². The van der Waals surface area contributed by atoms with Crippen LogP contribution in [-0.4, -0.2) is 5.16 Å². The number of aromatic nitrogens is 1. The topological polar surface area (TPSA) is 52.0 Å². The lowest BCUT2D eigenvalue weighted by molar-refractivity contribution is 0.436. The predicted octanol–water partition coefficient (Wildman–Crippen LogP) is 4.48. The van der Waals surface area contributed by atoms with E-state index in [0.29, 0.717) is 5.82 Å². The summed E-state index contributed by atoms with van der Waals surface area (Å²) >= 11 is 6.67. The molecule has 3 aromatic heterocycles. The Morgan fingerprint density at radius 1 is 1.35 bits per heavy atom. The second kappa shape index (κ2) is 4.29. The van der Waals surface area contributed by atoms with Crippen LogP contribution < -0.4 is 5.73 Å². The summed E-state index contributed by atoms with van der Waals surface area (Å²) in [5.74, 6) is 1.16. The van der Waals surface area contributed by atoms with E-state index >= 15 is 0 Å². The largest absolute Gasteiger partial charge is 0.380 e. The molecule has 0 aromatic carbocycles. The minimum Gasteiger partial charge on any atom is -0.380 e. The molecule has 0 bridgehead atoms. The molecule has 0 atom stereocenters. The van der Waals surface area contributed by atoms with Gasteiger partial charge >= 0.3 is 0 Å². The molecule has 86 valence electrons. The van der Waals surface area contributed by atoms with Gasteiger partial charge < -0.3 is 10.3 Å². The molecule has 2 N–H and O–H groups in total. The minimum atomic E-state index is 0.435. The van der Waals surface area contributed by atoms with E-state index in [-0.39, 0.29) is 0 Å². The first-order chi connectivity index (χ1) is 8.25. The third-order valence-corrected chi connectivity index (χ3v) is 4.71. The van der Waals surface area contributed by atoms with E-state index in [1.54, 1.807) is 22.7 Å². The Labute approximate surface area is 114 Å². The number of halogens is 1. The molecule has 0 aliphatic carbocycles. The number of thiophene rings is 2. The van der Waals surface area contributed by atoms with Crippen LogP contribution in [0.5, 0.6) is 0 Å². The Balaban J connectivity index is 2.19. The highest BCUT2D eigenvalue weighted by molar-refractivity contribution is 9.11. The van der Waals surface area contributed by atoms with Gasteiger partial charge in [0.15, 0.2) is 11.6 Å². The molecular formula is C11H7BrN2OS2. The molecule has 0 spiro atoms. The molecule has 6 heteroatoms. The van der Waals surface area contributed by atoms with Crippen molar-refractivity contribution in [3.63, 3.8) is 0 Å². The zero-order valence-corrected chi connectivity index (χ0v) is 11.7. The highest BCUT2D eigenvalue weighted by Gasteiger charge is 2.19. The van der Waals surface area contributed by atoms with Crippen LogP contribution in [0.4, 0.5) is 5.82 Å².